The summed E-state index contributed by atoms with van der Waals surface area (Å²) in [7, 11) is 0. The number of hydrogen-bond donors (Lipinski definition) is 0. The summed E-state index contributed by atoms with van der Waals surface area (Å²) in [6, 6.07) is 13.2. The van der Waals surface area contributed by atoms with Crippen LogP contribution in [0, 0.1) is 13.8 Å². The Morgan fingerprint density at radius 2 is 2.08 bits per heavy atom. The van der Waals surface area contributed by atoms with Gasteiger partial charge in [-0.25, -0.2) is 0 Å². The van der Waals surface area contributed by atoms with E-state index in [-0.39, 0.29) is 5.78 Å². The molecule has 0 spiro atoms. The molecule has 0 bridgehead atoms. The molecule has 0 amide bonds. The molecule has 1 aromatic carbocycles. The van der Waals surface area contributed by atoms with Crippen LogP contribution in [0.25, 0.3) is 6.08 Å². The SMILES string of the molecule is Cc1cc(C(=O)/C=C/c2ccc(COc3cccc(Br)c3)o2)c(C)s1. The molecule has 0 radical (unpaired) electrons. The van der Waals surface area contributed by atoms with Gasteiger partial charge in [-0.1, -0.05) is 22.0 Å². The highest BCUT2D eigenvalue weighted by molar-refractivity contribution is 9.10. The third kappa shape index (κ3) is 4.71. The summed E-state index contributed by atoms with van der Waals surface area (Å²) in [6.45, 7) is 4.30. The van der Waals surface area contributed by atoms with Crippen LogP contribution in [-0.2, 0) is 6.61 Å². The minimum absolute atomic E-state index is 0.00909. The summed E-state index contributed by atoms with van der Waals surface area (Å²) in [5.41, 5.74) is 0.753. The number of aryl methyl sites for hydroxylation is 2. The Kier molecular flexibility index (Phi) is 5.56. The second-order valence-electron chi connectivity index (χ2n) is 5.57. The summed E-state index contributed by atoms with van der Waals surface area (Å²) in [6.07, 6.45) is 3.24. The molecule has 0 N–H and O–H groups in total. The number of ether oxygens (including phenoxy) is 1. The van der Waals surface area contributed by atoms with Crippen LogP contribution >= 0.6 is 27.3 Å². The summed E-state index contributed by atoms with van der Waals surface area (Å²) in [4.78, 5) is 14.4. The van der Waals surface area contributed by atoms with Gasteiger partial charge in [0, 0.05) is 19.8 Å². The average molecular weight is 417 g/mol. The first-order valence-electron chi connectivity index (χ1n) is 7.78. The van der Waals surface area contributed by atoms with Crippen molar-refractivity contribution in [2.75, 3.05) is 0 Å². The maximum absolute atomic E-state index is 12.3. The van der Waals surface area contributed by atoms with Crippen LogP contribution in [0.15, 0.2) is 57.4 Å². The number of carbonyl (C=O) groups is 1. The van der Waals surface area contributed by atoms with E-state index in [1.807, 2.05) is 56.3 Å². The Balaban J connectivity index is 1.61. The Bertz CT molecular complexity index is 921. The van der Waals surface area contributed by atoms with Gasteiger partial charge in [0.1, 0.15) is 23.9 Å². The summed E-state index contributed by atoms with van der Waals surface area (Å²) in [5.74, 6) is 2.09. The fourth-order valence-electron chi connectivity index (χ4n) is 2.40. The Hall–Kier alpha value is -2.11. The topological polar surface area (TPSA) is 39.4 Å². The number of rotatable bonds is 6. The molecule has 0 saturated carbocycles. The molecular formula is C20H17BrO3S. The number of furan rings is 1. The highest BCUT2D eigenvalue weighted by Crippen LogP contribution is 2.22. The van der Waals surface area contributed by atoms with Crippen LogP contribution in [0.4, 0.5) is 0 Å². The van der Waals surface area contributed by atoms with Gasteiger partial charge in [-0.3, -0.25) is 4.79 Å². The fraction of sp³-hybridized carbons (Fsp3) is 0.150. The van der Waals surface area contributed by atoms with E-state index >= 15 is 0 Å². The third-order valence-corrected chi connectivity index (χ3v) is 5.02. The zero-order chi connectivity index (χ0) is 17.8. The molecule has 2 heterocycles. The number of hydrogen-bond acceptors (Lipinski definition) is 4. The fourth-order valence-corrected chi connectivity index (χ4v) is 3.70. The number of allylic oxidation sites excluding steroid dienone is 1. The van der Waals surface area contributed by atoms with Gasteiger partial charge in [-0.15, -0.1) is 11.3 Å². The Labute approximate surface area is 159 Å². The van der Waals surface area contributed by atoms with Crippen molar-refractivity contribution in [3.8, 4) is 5.75 Å². The number of ketones is 1. The molecule has 3 aromatic rings. The molecule has 0 atom stereocenters. The van der Waals surface area contributed by atoms with Gasteiger partial charge < -0.3 is 9.15 Å². The number of thiophene rings is 1. The first-order valence-corrected chi connectivity index (χ1v) is 9.39. The minimum atomic E-state index is -0.00909. The molecular weight excluding hydrogens is 400 g/mol. The van der Waals surface area contributed by atoms with Crippen LogP contribution < -0.4 is 4.74 Å². The van der Waals surface area contributed by atoms with Gasteiger partial charge >= 0.3 is 0 Å². The quantitative estimate of drug-likeness (QED) is 0.354. The van der Waals surface area contributed by atoms with Gasteiger partial charge in [0.2, 0.25) is 0 Å². The van der Waals surface area contributed by atoms with Crippen molar-refractivity contribution in [3.63, 3.8) is 0 Å². The van der Waals surface area contributed by atoms with Crippen molar-refractivity contribution < 1.29 is 13.9 Å². The van der Waals surface area contributed by atoms with Crippen molar-refractivity contribution in [1.82, 2.24) is 0 Å². The minimum Gasteiger partial charge on any atom is -0.486 e. The molecule has 0 fully saturated rings. The van der Waals surface area contributed by atoms with E-state index in [4.69, 9.17) is 9.15 Å². The highest BCUT2D eigenvalue weighted by atomic mass is 79.9. The molecule has 0 unspecified atom stereocenters. The maximum atomic E-state index is 12.3. The second-order valence-corrected chi connectivity index (χ2v) is 7.95. The van der Waals surface area contributed by atoms with E-state index < -0.39 is 0 Å². The van der Waals surface area contributed by atoms with Crippen LogP contribution in [-0.4, -0.2) is 5.78 Å². The lowest BCUT2D eigenvalue weighted by Gasteiger charge is -2.04. The zero-order valence-electron chi connectivity index (χ0n) is 13.9. The smallest absolute Gasteiger partial charge is 0.187 e. The highest BCUT2D eigenvalue weighted by Gasteiger charge is 2.09. The van der Waals surface area contributed by atoms with Crippen molar-refractivity contribution in [2.45, 2.75) is 20.5 Å². The van der Waals surface area contributed by atoms with Gasteiger partial charge in [0.15, 0.2) is 5.78 Å². The van der Waals surface area contributed by atoms with Crippen LogP contribution in [0.2, 0.25) is 0 Å². The molecule has 0 aliphatic carbocycles. The van der Waals surface area contributed by atoms with E-state index in [1.54, 1.807) is 23.5 Å². The van der Waals surface area contributed by atoms with Gasteiger partial charge in [-0.05, 0) is 62.4 Å². The normalized spacial score (nSPS) is 11.2. The Morgan fingerprint density at radius 1 is 1.24 bits per heavy atom. The molecule has 5 heteroatoms. The van der Waals surface area contributed by atoms with E-state index in [0.717, 1.165) is 25.5 Å². The van der Waals surface area contributed by atoms with E-state index in [0.29, 0.717) is 18.1 Å². The van der Waals surface area contributed by atoms with Crippen LogP contribution in [0.1, 0.15) is 31.6 Å². The van der Waals surface area contributed by atoms with Crippen LogP contribution in [0.5, 0.6) is 5.75 Å². The predicted molar refractivity (Wildman–Crippen MR) is 104 cm³/mol. The van der Waals surface area contributed by atoms with E-state index in [9.17, 15) is 4.79 Å². The second kappa shape index (κ2) is 7.85. The first kappa shape index (κ1) is 17.7. The van der Waals surface area contributed by atoms with Crippen LogP contribution in [0.3, 0.4) is 0 Å². The van der Waals surface area contributed by atoms with Crippen molar-refractivity contribution in [3.05, 3.63) is 79.9 Å². The monoisotopic (exact) mass is 416 g/mol. The molecule has 2 aromatic heterocycles. The van der Waals surface area contributed by atoms with E-state index in [1.165, 1.54) is 0 Å². The lowest BCUT2D eigenvalue weighted by molar-refractivity contribution is 0.104. The lowest BCUT2D eigenvalue weighted by Crippen LogP contribution is -1.93. The molecule has 3 rings (SSSR count). The largest absolute Gasteiger partial charge is 0.486 e. The summed E-state index contributed by atoms with van der Waals surface area (Å²) < 4.78 is 12.3. The molecule has 0 aliphatic rings. The standard InChI is InChI=1S/C20H17BrO3S/c1-13-10-19(14(2)25-13)20(22)9-8-16-6-7-18(24-16)12-23-17-5-3-4-15(21)11-17/h3-11H,12H2,1-2H3/b9-8+. The average Bonchev–Trinajstić information content (AvgIpc) is 3.17. The van der Waals surface area contributed by atoms with Crippen molar-refractivity contribution in [1.29, 1.82) is 0 Å². The molecule has 25 heavy (non-hydrogen) atoms. The van der Waals surface area contributed by atoms with E-state index in [2.05, 4.69) is 15.9 Å². The number of halogens is 1. The van der Waals surface area contributed by atoms with Crippen molar-refractivity contribution in [2.24, 2.45) is 0 Å². The summed E-state index contributed by atoms with van der Waals surface area (Å²) >= 11 is 5.04. The molecule has 128 valence electrons. The van der Waals surface area contributed by atoms with Gasteiger partial charge in [0.25, 0.3) is 0 Å². The first-order chi connectivity index (χ1) is 12.0. The molecule has 0 saturated heterocycles. The lowest BCUT2D eigenvalue weighted by atomic mass is 10.1. The number of benzene rings is 1. The molecule has 3 nitrogen and oxygen atoms in total. The van der Waals surface area contributed by atoms with Crippen molar-refractivity contribution >= 4 is 39.1 Å². The molecule has 0 aliphatic heterocycles. The maximum Gasteiger partial charge on any atom is 0.187 e. The number of carbonyl (C=O) groups excluding carboxylic acids is 1. The summed E-state index contributed by atoms with van der Waals surface area (Å²) in [5, 5.41) is 0. The van der Waals surface area contributed by atoms with Gasteiger partial charge in [-0.2, -0.15) is 0 Å². The predicted octanol–water partition coefficient (Wildman–Crippen LogP) is 6.20. The van der Waals surface area contributed by atoms with Gasteiger partial charge in [0.05, 0.1) is 0 Å². The Morgan fingerprint density at radius 3 is 2.80 bits per heavy atom. The zero-order valence-corrected chi connectivity index (χ0v) is 16.3. The third-order valence-electron chi connectivity index (χ3n) is 3.57.